The zero-order chi connectivity index (χ0) is 23.7. The molecule has 0 amide bonds. The van der Waals surface area contributed by atoms with Gasteiger partial charge in [-0.25, -0.2) is 0 Å². The smallest absolute Gasteiger partial charge is 0.0615 e. The van der Waals surface area contributed by atoms with Crippen LogP contribution in [0.25, 0.3) is 6.08 Å². The molecule has 0 saturated carbocycles. The summed E-state index contributed by atoms with van der Waals surface area (Å²) in [5, 5.41) is 22.3. The van der Waals surface area contributed by atoms with Crippen LogP contribution in [0.1, 0.15) is 25.0 Å². The molecular formula is C27H37N2O2Se2+. The van der Waals surface area contributed by atoms with Crippen LogP contribution < -0.4 is 4.90 Å². The average molecular weight is 580 g/mol. The third kappa shape index (κ3) is 6.82. The number of allylic oxidation sites excluding steroid dienone is 1. The molecule has 0 atom stereocenters. The average Bonchev–Trinajstić information content (AvgIpc) is 3.02. The van der Waals surface area contributed by atoms with E-state index < -0.39 is 0 Å². The van der Waals surface area contributed by atoms with Gasteiger partial charge in [0, 0.05) is 6.07 Å². The van der Waals surface area contributed by atoms with E-state index in [2.05, 4.69) is 91.1 Å². The van der Waals surface area contributed by atoms with Gasteiger partial charge in [-0.15, -0.1) is 0 Å². The van der Waals surface area contributed by atoms with Gasteiger partial charge in [0.05, 0.1) is 0 Å². The molecule has 0 saturated heterocycles. The molecule has 0 radical (unpaired) electrons. The summed E-state index contributed by atoms with van der Waals surface area (Å²) in [6, 6.07) is 17.6. The van der Waals surface area contributed by atoms with Gasteiger partial charge in [-0.1, -0.05) is 18.2 Å². The van der Waals surface area contributed by atoms with Gasteiger partial charge >= 0.3 is 188 Å². The SMILES string of the molecule is C[N+]1=C(/C=C/c2ccc(N(CC[Se]CCO)CC[Se]CCO)cc2)C(C)(C)c2ccccc21. The van der Waals surface area contributed by atoms with Crippen molar-refractivity contribution in [2.75, 3.05) is 38.3 Å². The van der Waals surface area contributed by atoms with E-state index in [1.165, 1.54) is 28.2 Å². The maximum atomic E-state index is 9.08. The van der Waals surface area contributed by atoms with Gasteiger partial charge in [-0.2, -0.15) is 0 Å². The second kappa shape index (κ2) is 12.9. The fourth-order valence-corrected chi connectivity index (χ4v) is 7.19. The Morgan fingerprint density at radius 1 is 0.848 bits per heavy atom. The van der Waals surface area contributed by atoms with Crippen LogP contribution in [-0.4, -0.2) is 83.8 Å². The third-order valence-electron chi connectivity index (χ3n) is 6.11. The first-order chi connectivity index (χ1) is 16.0. The predicted octanol–water partition coefficient (Wildman–Crippen LogP) is 4.28. The number of rotatable bonds is 13. The summed E-state index contributed by atoms with van der Waals surface area (Å²) in [5.74, 6) is 0. The van der Waals surface area contributed by atoms with E-state index >= 15 is 0 Å². The van der Waals surface area contributed by atoms with E-state index in [9.17, 15) is 0 Å². The normalized spacial score (nSPS) is 14.8. The number of fused-ring (bicyclic) bond motifs is 1. The number of nitrogens with zero attached hydrogens (tertiary/aromatic N) is 2. The first kappa shape index (κ1) is 26.2. The molecule has 2 aromatic carbocycles. The molecule has 33 heavy (non-hydrogen) atoms. The van der Waals surface area contributed by atoms with Crippen LogP contribution in [0.3, 0.4) is 0 Å². The molecule has 2 N–H and O–H groups in total. The van der Waals surface area contributed by atoms with Gasteiger partial charge < -0.3 is 0 Å². The Bertz CT molecular complexity index is 943. The van der Waals surface area contributed by atoms with Gasteiger partial charge in [0.1, 0.15) is 0 Å². The Morgan fingerprint density at radius 2 is 1.45 bits per heavy atom. The van der Waals surface area contributed by atoms with E-state index in [1.807, 2.05) is 0 Å². The monoisotopic (exact) mass is 581 g/mol. The number of benzene rings is 2. The number of aliphatic hydroxyl groups is 2. The van der Waals surface area contributed by atoms with Crippen molar-refractivity contribution in [3.05, 3.63) is 65.7 Å². The first-order valence-electron chi connectivity index (χ1n) is 11.6. The molecule has 0 fully saturated rings. The van der Waals surface area contributed by atoms with E-state index in [4.69, 9.17) is 10.2 Å². The topological polar surface area (TPSA) is 46.7 Å². The standard InChI is InChI=1S/C27H37N2O2Se2/c1-27(2)24-6-4-5-7-25(24)28(3)26(27)13-10-22-8-11-23(12-9-22)29(14-18-32-20-16-30)15-19-33-21-17-31/h4-13,30-31H,14-21H2,1-3H3/q+1. The zero-order valence-corrected chi connectivity index (χ0v) is 23.5. The number of hydrogen-bond acceptors (Lipinski definition) is 3. The van der Waals surface area contributed by atoms with Crippen molar-refractivity contribution in [2.24, 2.45) is 0 Å². The maximum absolute atomic E-state index is 9.08. The zero-order valence-electron chi connectivity index (χ0n) is 20.0. The molecule has 0 aliphatic carbocycles. The van der Waals surface area contributed by atoms with E-state index in [1.54, 1.807) is 0 Å². The summed E-state index contributed by atoms with van der Waals surface area (Å²) < 4.78 is 2.31. The molecule has 0 unspecified atom stereocenters. The number of hydrogen-bond donors (Lipinski definition) is 2. The van der Waals surface area contributed by atoms with E-state index in [0.717, 1.165) is 34.4 Å². The molecule has 4 nitrogen and oxygen atoms in total. The first-order valence-corrected chi connectivity index (χ1v) is 16.4. The molecule has 0 aromatic heterocycles. The third-order valence-corrected chi connectivity index (χ3v) is 10.1. The minimum atomic E-state index is -0.00871. The summed E-state index contributed by atoms with van der Waals surface area (Å²) in [6.45, 7) is 7.28. The number of aliphatic hydroxyl groups excluding tert-OH is 2. The van der Waals surface area contributed by atoms with Crippen molar-refractivity contribution in [1.29, 1.82) is 0 Å². The predicted molar refractivity (Wildman–Crippen MR) is 143 cm³/mol. The van der Waals surface area contributed by atoms with Gasteiger partial charge in [0.15, 0.2) is 0 Å². The van der Waals surface area contributed by atoms with Crippen molar-refractivity contribution < 1.29 is 14.8 Å². The molecule has 178 valence electrons. The minimum absolute atomic E-state index is 0.00871. The number of para-hydroxylation sites is 1. The van der Waals surface area contributed by atoms with Crippen molar-refractivity contribution in [2.45, 2.75) is 40.5 Å². The fourth-order valence-electron chi connectivity index (χ4n) is 4.33. The van der Waals surface area contributed by atoms with Crippen LogP contribution in [0, 0.1) is 0 Å². The van der Waals surface area contributed by atoms with Gasteiger partial charge in [0.2, 0.25) is 0 Å². The van der Waals surface area contributed by atoms with Crippen LogP contribution in [-0.2, 0) is 5.41 Å². The second-order valence-electron chi connectivity index (χ2n) is 8.67. The van der Waals surface area contributed by atoms with Crippen LogP contribution in [0.4, 0.5) is 11.4 Å². The minimum Gasteiger partial charge on any atom is -0.0615 e. The van der Waals surface area contributed by atoms with Crippen molar-refractivity contribution in [3.63, 3.8) is 0 Å². The molecule has 0 spiro atoms. The van der Waals surface area contributed by atoms with Crippen molar-refractivity contribution >= 4 is 53.1 Å². The Labute approximate surface area is 211 Å². The molecule has 3 rings (SSSR count). The summed E-state index contributed by atoms with van der Waals surface area (Å²) in [4.78, 5) is 2.48. The Morgan fingerprint density at radius 3 is 2.03 bits per heavy atom. The molecule has 1 aliphatic heterocycles. The van der Waals surface area contributed by atoms with Gasteiger partial charge in [-0.3, -0.25) is 0 Å². The van der Waals surface area contributed by atoms with Crippen LogP contribution >= 0.6 is 0 Å². The molecule has 0 bridgehead atoms. The summed E-state index contributed by atoms with van der Waals surface area (Å²) >= 11 is 1.00. The van der Waals surface area contributed by atoms with Crippen LogP contribution in [0.5, 0.6) is 0 Å². The number of anilines is 1. The summed E-state index contributed by atoms with van der Waals surface area (Å²) in [6.07, 6.45) is 4.49. The Balaban J connectivity index is 1.69. The molecular weight excluding hydrogens is 542 g/mol. The Kier molecular flexibility index (Phi) is 10.2. The van der Waals surface area contributed by atoms with Crippen molar-refractivity contribution in [3.8, 4) is 0 Å². The quantitative estimate of drug-likeness (QED) is 0.212. The fraction of sp³-hybridized carbons (Fsp3) is 0.444. The van der Waals surface area contributed by atoms with Crippen LogP contribution in [0.15, 0.2) is 54.6 Å². The van der Waals surface area contributed by atoms with Gasteiger partial charge in [-0.05, 0) is 0 Å². The van der Waals surface area contributed by atoms with E-state index in [-0.39, 0.29) is 5.41 Å². The second-order valence-corrected chi connectivity index (χ2v) is 13.8. The van der Waals surface area contributed by atoms with Crippen LogP contribution in [0.2, 0.25) is 21.3 Å². The molecule has 6 heteroatoms. The molecule has 2 aromatic rings. The Hall–Kier alpha value is -1.39. The van der Waals surface area contributed by atoms with Crippen molar-refractivity contribution in [1.82, 2.24) is 0 Å². The molecule has 1 heterocycles. The van der Waals surface area contributed by atoms with Gasteiger partial charge in [0.25, 0.3) is 0 Å². The van der Waals surface area contributed by atoms with E-state index in [0.29, 0.717) is 43.1 Å². The summed E-state index contributed by atoms with van der Waals surface area (Å²) in [7, 11) is 2.16. The molecule has 1 aliphatic rings. The summed E-state index contributed by atoms with van der Waals surface area (Å²) in [5.41, 5.74) is 6.45.